The Bertz CT molecular complexity index is 938. The van der Waals surface area contributed by atoms with Gasteiger partial charge in [-0.2, -0.15) is 4.31 Å². The second-order valence-electron chi connectivity index (χ2n) is 9.67. The lowest BCUT2D eigenvalue weighted by Crippen LogP contribution is -2.37. The van der Waals surface area contributed by atoms with E-state index in [9.17, 15) is 8.42 Å². The predicted molar refractivity (Wildman–Crippen MR) is 126 cm³/mol. The van der Waals surface area contributed by atoms with Gasteiger partial charge in [-0.1, -0.05) is 45.0 Å². The van der Waals surface area contributed by atoms with Gasteiger partial charge in [0, 0.05) is 19.6 Å². The SMILES string of the molecule is CN(C)CCOc1ccc(C2CCN(S(=O)(=O)c3ccc(C(C)(C)C)cc3)CC2)cc1. The van der Waals surface area contributed by atoms with Crippen molar-refractivity contribution in [3.63, 3.8) is 0 Å². The van der Waals surface area contributed by atoms with Crippen molar-refractivity contribution in [3.05, 3.63) is 59.7 Å². The highest BCUT2D eigenvalue weighted by atomic mass is 32.2. The number of hydrogen-bond acceptors (Lipinski definition) is 4. The highest BCUT2D eigenvalue weighted by Gasteiger charge is 2.30. The summed E-state index contributed by atoms with van der Waals surface area (Å²) in [6.07, 6.45) is 1.67. The van der Waals surface area contributed by atoms with Crippen LogP contribution in [-0.2, 0) is 15.4 Å². The summed E-state index contributed by atoms with van der Waals surface area (Å²) >= 11 is 0. The molecular formula is C25H36N2O3S. The third kappa shape index (κ3) is 6.09. The van der Waals surface area contributed by atoms with Crippen LogP contribution in [0.25, 0.3) is 0 Å². The Hall–Kier alpha value is -1.89. The van der Waals surface area contributed by atoms with Crippen LogP contribution in [0.2, 0.25) is 0 Å². The van der Waals surface area contributed by atoms with Crippen molar-refractivity contribution < 1.29 is 13.2 Å². The van der Waals surface area contributed by atoms with Gasteiger partial charge in [0.05, 0.1) is 4.90 Å². The van der Waals surface area contributed by atoms with E-state index in [1.165, 1.54) is 5.56 Å². The van der Waals surface area contributed by atoms with E-state index in [1.807, 2.05) is 38.4 Å². The number of nitrogens with zero attached hydrogens (tertiary/aromatic N) is 2. The largest absolute Gasteiger partial charge is 0.492 e. The van der Waals surface area contributed by atoms with Gasteiger partial charge < -0.3 is 9.64 Å². The summed E-state index contributed by atoms with van der Waals surface area (Å²) in [4.78, 5) is 2.48. The van der Waals surface area contributed by atoms with Crippen LogP contribution < -0.4 is 4.74 Å². The number of hydrogen-bond donors (Lipinski definition) is 0. The fourth-order valence-electron chi connectivity index (χ4n) is 3.89. The zero-order valence-corrected chi connectivity index (χ0v) is 20.3. The molecule has 0 atom stereocenters. The molecule has 0 aliphatic carbocycles. The molecule has 2 aromatic carbocycles. The first-order valence-corrected chi connectivity index (χ1v) is 12.5. The van der Waals surface area contributed by atoms with E-state index >= 15 is 0 Å². The van der Waals surface area contributed by atoms with E-state index in [2.05, 4.69) is 37.8 Å². The van der Waals surface area contributed by atoms with Crippen LogP contribution in [0.1, 0.15) is 50.7 Å². The maximum Gasteiger partial charge on any atom is 0.243 e. The van der Waals surface area contributed by atoms with Gasteiger partial charge in [0.1, 0.15) is 12.4 Å². The molecule has 1 fully saturated rings. The minimum absolute atomic E-state index is 0.00752. The monoisotopic (exact) mass is 444 g/mol. The van der Waals surface area contributed by atoms with Gasteiger partial charge in [-0.25, -0.2) is 8.42 Å². The van der Waals surface area contributed by atoms with Crippen LogP contribution >= 0.6 is 0 Å². The highest BCUT2D eigenvalue weighted by Crippen LogP contribution is 2.32. The fraction of sp³-hybridized carbons (Fsp3) is 0.520. The Labute approximate surface area is 188 Å². The minimum atomic E-state index is -3.44. The van der Waals surface area contributed by atoms with Crippen LogP contribution in [-0.4, -0.2) is 58.0 Å². The molecule has 6 heteroatoms. The third-order valence-corrected chi connectivity index (χ3v) is 7.88. The van der Waals surface area contributed by atoms with Crippen LogP contribution in [0.4, 0.5) is 0 Å². The summed E-state index contributed by atoms with van der Waals surface area (Å²) < 4.78 is 33.6. The van der Waals surface area contributed by atoms with Gasteiger partial charge in [0.25, 0.3) is 0 Å². The van der Waals surface area contributed by atoms with E-state index < -0.39 is 10.0 Å². The number of ether oxygens (including phenoxy) is 1. The molecule has 0 aromatic heterocycles. The summed E-state index contributed by atoms with van der Waals surface area (Å²) in [5.41, 5.74) is 2.40. The molecule has 0 N–H and O–H groups in total. The van der Waals surface area contributed by atoms with Gasteiger partial charge >= 0.3 is 0 Å². The number of rotatable bonds is 7. The molecule has 0 unspecified atom stereocenters. The summed E-state index contributed by atoms with van der Waals surface area (Å²) in [6, 6.07) is 15.6. The summed E-state index contributed by atoms with van der Waals surface area (Å²) in [7, 11) is 0.611. The van der Waals surface area contributed by atoms with Crippen molar-refractivity contribution in [2.24, 2.45) is 0 Å². The van der Waals surface area contributed by atoms with Gasteiger partial charge in [-0.05, 0) is 73.7 Å². The van der Waals surface area contributed by atoms with Gasteiger partial charge in [-0.3, -0.25) is 0 Å². The minimum Gasteiger partial charge on any atom is -0.492 e. The highest BCUT2D eigenvalue weighted by molar-refractivity contribution is 7.89. The first kappa shape index (κ1) is 23.8. The first-order chi connectivity index (χ1) is 14.6. The topological polar surface area (TPSA) is 49.9 Å². The number of piperidine rings is 1. The standard InChI is InChI=1S/C25H36N2O3S/c1-25(2,3)22-8-12-24(13-9-22)31(28,29)27-16-14-21(15-17-27)20-6-10-23(11-7-20)30-19-18-26(4)5/h6-13,21H,14-19H2,1-5H3. The van der Waals surface area contributed by atoms with Crippen molar-refractivity contribution >= 4 is 10.0 Å². The lowest BCUT2D eigenvalue weighted by Gasteiger charge is -2.31. The molecule has 1 heterocycles. The average Bonchev–Trinajstić information content (AvgIpc) is 2.73. The zero-order valence-electron chi connectivity index (χ0n) is 19.5. The molecule has 0 amide bonds. The molecular weight excluding hydrogens is 408 g/mol. The van der Waals surface area contributed by atoms with E-state index in [1.54, 1.807) is 16.4 Å². The van der Waals surface area contributed by atoms with Crippen LogP contribution in [0, 0.1) is 0 Å². The Morgan fingerprint density at radius 1 is 0.968 bits per heavy atom. The Kier molecular flexibility index (Phi) is 7.45. The molecule has 31 heavy (non-hydrogen) atoms. The molecule has 0 spiro atoms. The lowest BCUT2D eigenvalue weighted by atomic mass is 9.87. The number of sulfonamides is 1. The second kappa shape index (κ2) is 9.72. The zero-order chi connectivity index (χ0) is 22.6. The van der Waals surface area contributed by atoms with E-state index in [0.717, 1.165) is 30.7 Å². The van der Waals surface area contributed by atoms with E-state index in [0.29, 0.717) is 30.5 Å². The summed E-state index contributed by atoms with van der Waals surface area (Å²) in [6.45, 7) is 9.04. The lowest BCUT2D eigenvalue weighted by molar-refractivity contribution is 0.261. The van der Waals surface area contributed by atoms with Crippen molar-refractivity contribution in [1.82, 2.24) is 9.21 Å². The summed E-state index contributed by atoms with van der Waals surface area (Å²) in [5, 5.41) is 0. The molecule has 2 aromatic rings. The number of likely N-dealkylation sites (N-methyl/N-ethyl adjacent to an activating group) is 1. The Morgan fingerprint density at radius 2 is 1.55 bits per heavy atom. The smallest absolute Gasteiger partial charge is 0.243 e. The first-order valence-electron chi connectivity index (χ1n) is 11.1. The molecule has 1 aliphatic rings. The molecule has 170 valence electrons. The van der Waals surface area contributed by atoms with Crippen LogP contribution in [0.3, 0.4) is 0 Å². The average molecular weight is 445 g/mol. The predicted octanol–water partition coefficient (Wildman–Crippen LogP) is 4.49. The molecule has 0 saturated carbocycles. The maximum atomic E-state index is 13.1. The van der Waals surface area contributed by atoms with Crippen molar-refractivity contribution in [1.29, 1.82) is 0 Å². The molecule has 3 rings (SSSR count). The van der Waals surface area contributed by atoms with Crippen LogP contribution in [0.5, 0.6) is 5.75 Å². The quantitative estimate of drug-likeness (QED) is 0.631. The molecule has 1 aliphatic heterocycles. The van der Waals surface area contributed by atoms with Crippen LogP contribution in [0.15, 0.2) is 53.4 Å². The van der Waals surface area contributed by atoms with Gasteiger partial charge in [0.2, 0.25) is 10.0 Å². The van der Waals surface area contributed by atoms with Gasteiger partial charge in [0.15, 0.2) is 0 Å². The van der Waals surface area contributed by atoms with Crippen molar-refractivity contribution in [2.75, 3.05) is 40.3 Å². The Morgan fingerprint density at radius 3 is 2.06 bits per heavy atom. The Balaban J connectivity index is 1.58. The summed E-state index contributed by atoms with van der Waals surface area (Å²) in [5.74, 6) is 1.26. The molecule has 1 saturated heterocycles. The van der Waals surface area contributed by atoms with Crippen molar-refractivity contribution in [2.45, 2.75) is 49.8 Å². The third-order valence-electron chi connectivity index (χ3n) is 5.97. The fourth-order valence-corrected chi connectivity index (χ4v) is 5.36. The second-order valence-corrected chi connectivity index (χ2v) is 11.6. The maximum absolute atomic E-state index is 13.1. The van der Waals surface area contributed by atoms with E-state index in [4.69, 9.17) is 4.74 Å². The normalized spacial score (nSPS) is 16.6. The molecule has 0 bridgehead atoms. The molecule has 0 radical (unpaired) electrons. The molecule has 5 nitrogen and oxygen atoms in total. The van der Waals surface area contributed by atoms with Gasteiger partial charge in [-0.15, -0.1) is 0 Å². The number of benzene rings is 2. The van der Waals surface area contributed by atoms with Crippen molar-refractivity contribution in [3.8, 4) is 5.75 Å². The van der Waals surface area contributed by atoms with E-state index in [-0.39, 0.29) is 5.41 Å².